The van der Waals surface area contributed by atoms with Crippen LogP contribution in [0.15, 0.2) is 199 Å². The van der Waals surface area contributed by atoms with E-state index in [0.717, 1.165) is 77.6 Å². The highest BCUT2D eigenvalue weighted by Crippen LogP contribution is 2.43. The van der Waals surface area contributed by atoms with Crippen molar-refractivity contribution in [3.8, 4) is 45.3 Å². The van der Waals surface area contributed by atoms with E-state index in [9.17, 15) is 0 Å². The summed E-state index contributed by atoms with van der Waals surface area (Å²) in [6, 6.07) is 66.9. The average molecular weight is 693 g/mol. The minimum absolute atomic E-state index is 0.600. The number of hydrogen-bond acceptors (Lipinski definition) is 5. The van der Waals surface area contributed by atoms with Crippen LogP contribution in [0.4, 0.5) is 17.1 Å². The van der Waals surface area contributed by atoms with Crippen LogP contribution in [0.2, 0.25) is 0 Å². The predicted molar refractivity (Wildman–Crippen MR) is 221 cm³/mol. The van der Waals surface area contributed by atoms with Crippen LogP contribution < -0.4 is 4.90 Å². The third-order valence-corrected chi connectivity index (χ3v) is 9.92. The van der Waals surface area contributed by atoms with Crippen molar-refractivity contribution in [2.45, 2.75) is 0 Å². The molecule has 0 saturated carbocycles. The van der Waals surface area contributed by atoms with Gasteiger partial charge in [-0.3, -0.25) is 0 Å². The first-order valence-electron chi connectivity index (χ1n) is 18.0. The molecule has 5 heteroatoms. The van der Waals surface area contributed by atoms with Crippen LogP contribution in [0.5, 0.6) is 0 Å². The first-order valence-corrected chi connectivity index (χ1v) is 18.0. The smallest absolute Gasteiger partial charge is 0.164 e. The Labute approximate surface area is 312 Å². The molecular weight excluding hydrogens is 661 g/mol. The Morgan fingerprint density at radius 3 is 1.54 bits per heavy atom. The summed E-state index contributed by atoms with van der Waals surface area (Å²) >= 11 is 0. The highest BCUT2D eigenvalue weighted by molar-refractivity contribution is 6.13. The molecule has 0 N–H and O–H groups in total. The molecule has 10 aromatic rings. The van der Waals surface area contributed by atoms with Crippen molar-refractivity contribution in [3.63, 3.8) is 0 Å². The van der Waals surface area contributed by atoms with Gasteiger partial charge in [-0.15, -0.1) is 0 Å². The Hall–Kier alpha value is -7.37. The Kier molecular flexibility index (Phi) is 7.73. The van der Waals surface area contributed by atoms with Crippen molar-refractivity contribution in [2.75, 3.05) is 4.90 Å². The second kappa shape index (κ2) is 13.3. The van der Waals surface area contributed by atoms with E-state index in [-0.39, 0.29) is 0 Å². The maximum atomic E-state index is 6.62. The van der Waals surface area contributed by atoms with Crippen LogP contribution in [-0.4, -0.2) is 15.0 Å². The van der Waals surface area contributed by atoms with Gasteiger partial charge in [0.15, 0.2) is 17.5 Å². The molecule has 0 aliphatic carbocycles. The van der Waals surface area contributed by atoms with E-state index in [1.54, 1.807) is 0 Å². The van der Waals surface area contributed by atoms with Crippen LogP contribution in [-0.2, 0) is 0 Å². The lowest BCUT2D eigenvalue weighted by molar-refractivity contribution is 0.669. The lowest BCUT2D eigenvalue weighted by Crippen LogP contribution is -2.10. The van der Waals surface area contributed by atoms with E-state index < -0.39 is 0 Å². The van der Waals surface area contributed by atoms with Crippen molar-refractivity contribution < 1.29 is 4.42 Å². The fourth-order valence-electron chi connectivity index (χ4n) is 7.42. The molecule has 0 atom stereocenters. The molecule has 5 nitrogen and oxygen atoms in total. The summed E-state index contributed by atoms with van der Waals surface area (Å²) in [5, 5.41) is 4.31. The van der Waals surface area contributed by atoms with Gasteiger partial charge in [0, 0.05) is 44.2 Å². The maximum Gasteiger partial charge on any atom is 0.164 e. The normalized spacial score (nSPS) is 11.3. The number of furan rings is 1. The summed E-state index contributed by atoms with van der Waals surface area (Å²) in [6.45, 7) is 0. The molecule has 0 radical (unpaired) electrons. The van der Waals surface area contributed by atoms with Crippen LogP contribution in [0, 0.1) is 0 Å². The highest BCUT2D eigenvalue weighted by Gasteiger charge is 2.20. The molecule has 0 unspecified atom stereocenters. The van der Waals surface area contributed by atoms with Crippen molar-refractivity contribution in [2.24, 2.45) is 0 Å². The molecular formula is C49H32N4O. The fraction of sp³-hybridized carbons (Fsp3) is 0. The number of para-hydroxylation sites is 2. The zero-order valence-corrected chi connectivity index (χ0v) is 29.2. The topological polar surface area (TPSA) is 55.1 Å². The largest absolute Gasteiger partial charge is 0.456 e. The number of fused-ring (bicyclic) bond motifs is 4. The zero-order valence-electron chi connectivity index (χ0n) is 29.2. The van der Waals surface area contributed by atoms with Crippen LogP contribution in [0.3, 0.4) is 0 Å². The fourth-order valence-corrected chi connectivity index (χ4v) is 7.42. The predicted octanol–water partition coefficient (Wildman–Crippen LogP) is 13.1. The van der Waals surface area contributed by atoms with Crippen LogP contribution >= 0.6 is 0 Å². The summed E-state index contributed by atoms with van der Waals surface area (Å²) < 4.78 is 6.62. The van der Waals surface area contributed by atoms with Gasteiger partial charge in [0.25, 0.3) is 0 Å². The third kappa shape index (κ3) is 5.56. The Morgan fingerprint density at radius 2 is 0.907 bits per heavy atom. The Bertz CT molecular complexity index is 2830. The molecule has 10 rings (SSSR count). The molecule has 0 aliphatic heterocycles. The van der Waals surface area contributed by atoms with Gasteiger partial charge in [-0.1, -0.05) is 146 Å². The van der Waals surface area contributed by atoms with Crippen molar-refractivity contribution in [1.29, 1.82) is 0 Å². The minimum Gasteiger partial charge on any atom is -0.456 e. The molecule has 2 aromatic heterocycles. The van der Waals surface area contributed by atoms with Crippen molar-refractivity contribution >= 4 is 49.8 Å². The Morgan fingerprint density at radius 1 is 0.352 bits per heavy atom. The van der Waals surface area contributed by atoms with E-state index in [0.29, 0.717) is 17.5 Å². The SMILES string of the molecule is c1ccc(-c2nc(-c3ccccc3)nc(-c3cccc4oc5cc(-c6ccc(N(c7ccccc7)c7ccccc7)c7ccccc67)ccc5c34)n2)cc1. The molecule has 54 heavy (non-hydrogen) atoms. The van der Waals surface area contributed by atoms with Gasteiger partial charge >= 0.3 is 0 Å². The molecule has 0 amide bonds. The summed E-state index contributed by atoms with van der Waals surface area (Å²) in [6.07, 6.45) is 0. The number of anilines is 3. The van der Waals surface area contributed by atoms with E-state index in [2.05, 4.69) is 126 Å². The molecule has 8 aromatic carbocycles. The van der Waals surface area contributed by atoms with Crippen LogP contribution in [0.1, 0.15) is 0 Å². The van der Waals surface area contributed by atoms with Gasteiger partial charge in [-0.05, 0) is 65.0 Å². The van der Waals surface area contributed by atoms with Crippen molar-refractivity contribution in [3.05, 3.63) is 194 Å². The molecule has 0 fully saturated rings. The monoisotopic (exact) mass is 692 g/mol. The molecule has 0 aliphatic rings. The summed E-state index contributed by atoms with van der Waals surface area (Å²) in [4.78, 5) is 17.3. The zero-order chi connectivity index (χ0) is 35.8. The average Bonchev–Trinajstić information content (AvgIpc) is 3.63. The summed E-state index contributed by atoms with van der Waals surface area (Å²) in [5.41, 5.74) is 9.88. The number of nitrogens with zero attached hydrogens (tertiary/aromatic N) is 4. The summed E-state index contributed by atoms with van der Waals surface area (Å²) in [5.74, 6) is 1.85. The lowest BCUT2D eigenvalue weighted by atomic mass is 9.95. The first-order chi connectivity index (χ1) is 26.8. The summed E-state index contributed by atoms with van der Waals surface area (Å²) in [7, 11) is 0. The standard InChI is InChI=1S/C49H32N4O/c1-5-16-33(17-6-1)47-50-48(34-18-7-2-8-19-34)52-49(51-47)42-26-15-27-44-46(42)41-29-28-35(32-45(41)54-44)38-30-31-43(40-25-14-13-24-39(38)40)53(36-20-9-3-10-21-36)37-22-11-4-12-23-37/h1-32H. The van der Waals surface area contributed by atoms with Gasteiger partial charge in [0.05, 0.1) is 5.69 Å². The van der Waals surface area contributed by atoms with Gasteiger partial charge in [0.1, 0.15) is 11.2 Å². The number of rotatable bonds is 7. The second-order valence-electron chi connectivity index (χ2n) is 13.2. The first kappa shape index (κ1) is 31.4. The van der Waals surface area contributed by atoms with E-state index in [4.69, 9.17) is 19.4 Å². The molecule has 0 bridgehead atoms. The van der Waals surface area contributed by atoms with E-state index in [1.807, 2.05) is 72.8 Å². The van der Waals surface area contributed by atoms with Gasteiger partial charge in [0.2, 0.25) is 0 Å². The number of hydrogen-bond donors (Lipinski definition) is 0. The Balaban J connectivity index is 1.12. The molecule has 0 saturated heterocycles. The van der Waals surface area contributed by atoms with E-state index >= 15 is 0 Å². The van der Waals surface area contributed by atoms with Gasteiger partial charge in [-0.25, -0.2) is 15.0 Å². The van der Waals surface area contributed by atoms with E-state index in [1.165, 1.54) is 0 Å². The van der Waals surface area contributed by atoms with Gasteiger partial charge < -0.3 is 9.32 Å². The quantitative estimate of drug-likeness (QED) is 0.166. The number of aromatic nitrogens is 3. The lowest BCUT2D eigenvalue weighted by Gasteiger charge is -2.27. The molecule has 254 valence electrons. The maximum absolute atomic E-state index is 6.62. The minimum atomic E-state index is 0.600. The van der Waals surface area contributed by atoms with Crippen LogP contribution in [0.25, 0.3) is 78.0 Å². The number of benzene rings is 8. The second-order valence-corrected chi connectivity index (χ2v) is 13.2. The van der Waals surface area contributed by atoms with Gasteiger partial charge in [-0.2, -0.15) is 0 Å². The van der Waals surface area contributed by atoms with Crippen molar-refractivity contribution in [1.82, 2.24) is 15.0 Å². The molecule has 2 heterocycles. The third-order valence-electron chi connectivity index (χ3n) is 9.92. The molecule has 0 spiro atoms. The highest BCUT2D eigenvalue weighted by atomic mass is 16.3.